The van der Waals surface area contributed by atoms with Crippen molar-refractivity contribution in [3.8, 4) is 5.75 Å². The molecule has 1 aromatic heterocycles. The second-order valence-electron chi connectivity index (χ2n) is 9.98. The number of carbonyl (C=O) groups is 3. The second-order valence-corrected chi connectivity index (χ2v) is 13.7. The number of nitrogens with one attached hydrogen (secondary N) is 2. The largest absolute Gasteiger partial charge is 0.483 e. The fraction of sp³-hybridized carbons (Fsp3) is 0.143. The minimum atomic E-state index is -3.90. The molecule has 0 bridgehead atoms. The third-order valence-corrected chi connectivity index (χ3v) is 10.6. The number of nitrogens with two attached hydrogens (primary N) is 1. The van der Waals surface area contributed by atoms with Gasteiger partial charge in [-0.15, -0.1) is 0 Å². The number of rotatable bonds is 8. The number of carbonyl (C=O) groups excluding carboxylic acids is 3. The predicted molar refractivity (Wildman–Crippen MR) is 164 cm³/mol. The van der Waals surface area contributed by atoms with Crippen molar-refractivity contribution in [2.45, 2.75) is 21.1 Å². The van der Waals surface area contributed by atoms with Crippen molar-refractivity contribution >= 4 is 67.9 Å². The van der Waals surface area contributed by atoms with Crippen molar-refractivity contribution in [1.82, 2.24) is 4.98 Å². The molecule has 3 atom stereocenters. The molecule has 1 fully saturated rings. The first kappa shape index (κ1) is 30.2. The van der Waals surface area contributed by atoms with Gasteiger partial charge in [0.1, 0.15) is 11.0 Å². The Morgan fingerprint density at radius 2 is 1.71 bits per heavy atom. The van der Waals surface area contributed by atoms with Gasteiger partial charge in [0, 0.05) is 34.2 Å². The van der Waals surface area contributed by atoms with Crippen molar-refractivity contribution in [3.05, 3.63) is 103 Å². The van der Waals surface area contributed by atoms with Crippen LogP contribution in [0.5, 0.6) is 5.75 Å². The van der Waals surface area contributed by atoms with Crippen LogP contribution in [-0.4, -0.2) is 47.9 Å². The lowest BCUT2D eigenvalue weighted by atomic mass is 9.82. The Balaban J connectivity index is 1.29. The Kier molecular flexibility index (Phi) is 7.77. The van der Waals surface area contributed by atoms with Crippen LogP contribution in [0, 0.1) is 16.0 Å². The topological polar surface area (TPSA) is 212 Å². The highest BCUT2D eigenvalue weighted by molar-refractivity contribution is 8.00. The van der Waals surface area contributed by atoms with Crippen molar-refractivity contribution in [2.24, 2.45) is 11.1 Å². The average Bonchev–Trinajstić information content (AvgIpc) is 3.50. The standard InChI is InChI=1S/C28H21N5O9S3/c29-45(40,41)17-11-5-14(6-12-17)30-20(34)13-42-19-4-2-1-3-18(19)21-22-24(43-25-23(21)44-28(37)31-25)27(36)32(26(22)35)15-7-9-16(10-8-15)33(38)39/h1-12,21-22,24H,13H2,(H,30,34)(H,31,37)(H2,29,40,41)/t21-,22?,24?/m1/s1. The van der Waals surface area contributed by atoms with E-state index in [0.29, 0.717) is 21.2 Å². The Labute approximate surface area is 262 Å². The summed E-state index contributed by atoms with van der Waals surface area (Å²) in [6.07, 6.45) is 0. The second kappa shape index (κ2) is 11.6. The van der Waals surface area contributed by atoms with Crippen molar-refractivity contribution in [3.63, 3.8) is 0 Å². The summed E-state index contributed by atoms with van der Waals surface area (Å²) in [5.41, 5.74) is 0.762. The maximum absolute atomic E-state index is 14.0. The molecular formula is C28H21N5O9S3. The summed E-state index contributed by atoms with van der Waals surface area (Å²) < 4.78 is 28.9. The van der Waals surface area contributed by atoms with Gasteiger partial charge < -0.3 is 15.0 Å². The molecule has 2 unspecified atom stereocenters. The number of primary sulfonamides is 1. The van der Waals surface area contributed by atoms with Crippen LogP contribution in [-0.2, 0) is 24.4 Å². The van der Waals surface area contributed by atoms with Crippen LogP contribution >= 0.6 is 23.1 Å². The number of thioether (sulfide) groups is 1. The van der Waals surface area contributed by atoms with E-state index in [0.717, 1.165) is 28.0 Å². The zero-order chi connectivity index (χ0) is 32.0. The molecule has 0 radical (unpaired) electrons. The number of ether oxygens (including phenoxy) is 1. The quantitative estimate of drug-likeness (QED) is 0.142. The van der Waals surface area contributed by atoms with Crippen LogP contribution < -0.4 is 25.0 Å². The van der Waals surface area contributed by atoms with Crippen LogP contribution in [0.2, 0.25) is 0 Å². The van der Waals surface area contributed by atoms with Crippen molar-refractivity contribution in [2.75, 3.05) is 16.8 Å². The first-order valence-corrected chi connectivity index (χ1v) is 16.3. The highest BCUT2D eigenvalue weighted by atomic mass is 32.2. The SMILES string of the molecule is NS(=O)(=O)c1ccc(NC(=O)COc2ccccc2[C@H]2c3sc(=O)[nH]c3SC3C(=O)N(c4ccc([N+](=O)[O-])cc4)C(=O)C32)cc1. The molecule has 4 aromatic rings. The third-order valence-electron chi connectivity index (χ3n) is 7.22. The minimum absolute atomic E-state index is 0.117. The maximum Gasteiger partial charge on any atom is 0.305 e. The van der Waals surface area contributed by atoms with E-state index in [1.54, 1.807) is 24.3 Å². The summed E-state index contributed by atoms with van der Waals surface area (Å²) in [5.74, 6) is -3.13. The zero-order valence-corrected chi connectivity index (χ0v) is 25.2. The predicted octanol–water partition coefficient (Wildman–Crippen LogP) is 2.81. The number of aromatic nitrogens is 1. The maximum atomic E-state index is 14.0. The number of hydrogen-bond acceptors (Lipinski definition) is 11. The molecule has 17 heteroatoms. The summed E-state index contributed by atoms with van der Waals surface area (Å²) in [7, 11) is -3.90. The molecule has 2 aliphatic heterocycles. The number of amides is 3. The number of nitrogens with zero attached hydrogens (tertiary/aromatic N) is 2. The van der Waals surface area contributed by atoms with E-state index in [1.807, 2.05) is 0 Å². The lowest BCUT2D eigenvalue weighted by molar-refractivity contribution is -0.384. The van der Waals surface area contributed by atoms with Gasteiger partial charge in [-0.3, -0.25) is 29.3 Å². The van der Waals surface area contributed by atoms with Gasteiger partial charge in [-0.05, 0) is 42.5 Å². The number of H-pyrrole nitrogens is 1. The number of nitro benzene ring substituents is 1. The molecule has 3 aromatic carbocycles. The molecule has 2 aliphatic rings. The number of imide groups is 1. The Morgan fingerprint density at radius 1 is 1.02 bits per heavy atom. The summed E-state index contributed by atoms with van der Waals surface area (Å²) in [4.78, 5) is 67.1. The number of non-ortho nitro benzene ring substituents is 1. The first-order chi connectivity index (χ1) is 21.4. The van der Waals surface area contributed by atoms with Gasteiger partial charge in [0.25, 0.3) is 11.6 Å². The highest BCUT2D eigenvalue weighted by Crippen LogP contribution is 2.54. The van der Waals surface area contributed by atoms with Gasteiger partial charge in [0.05, 0.1) is 26.5 Å². The summed E-state index contributed by atoms with van der Waals surface area (Å²) in [5, 5.41) is 18.4. The summed E-state index contributed by atoms with van der Waals surface area (Å²) >= 11 is 1.99. The average molecular weight is 668 g/mol. The minimum Gasteiger partial charge on any atom is -0.483 e. The summed E-state index contributed by atoms with van der Waals surface area (Å²) in [6, 6.07) is 17.0. The number of nitro groups is 1. The molecular weight excluding hydrogens is 647 g/mol. The third kappa shape index (κ3) is 5.73. The number of hydrogen-bond donors (Lipinski definition) is 3. The van der Waals surface area contributed by atoms with E-state index in [2.05, 4.69) is 10.3 Å². The molecule has 230 valence electrons. The molecule has 1 saturated heterocycles. The Morgan fingerprint density at radius 3 is 2.38 bits per heavy atom. The monoisotopic (exact) mass is 667 g/mol. The van der Waals surface area contributed by atoms with Crippen LogP contribution in [0.15, 0.2) is 87.5 Å². The van der Waals surface area contributed by atoms with Gasteiger partial charge in [-0.25, -0.2) is 18.5 Å². The van der Waals surface area contributed by atoms with Crippen LogP contribution in [0.3, 0.4) is 0 Å². The lowest BCUT2D eigenvalue weighted by Crippen LogP contribution is -2.32. The number of benzene rings is 3. The zero-order valence-electron chi connectivity index (χ0n) is 22.7. The van der Waals surface area contributed by atoms with E-state index in [9.17, 15) is 37.7 Å². The fourth-order valence-electron chi connectivity index (χ4n) is 5.27. The van der Waals surface area contributed by atoms with Crippen molar-refractivity contribution < 1.29 is 32.5 Å². The lowest BCUT2D eigenvalue weighted by Gasteiger charge is -2.30. The first-order valence-electron chi connectivity index (χ1n) is 13.1. The van der Waals surface area contributed by atoms with Gasteiger partial charge in [-0.2, -0.15) is 0 Å². The normalized spacial score (nSPS) is 19.1. The van der Waals surface area contributed by atoms with E-state index in [4.69, 9.17) is 9.88 Å². The molecule has 3 heterocycles. The molecule has 0 saturated carbocycles. The molecule has 14 nitrogen and oxygen atoms in total. The number of anilines is 2. The van der Waals surface area contributed by atoms with E-state index in [1.165, 1.54) is 48.5 Å². The van der Waals surface area contributed by atoms with Crippen LogP contribution in [0.1, 0.15) is 16.4 Å². The van der Waals surface area contributed by atoms with Gasteiger partial charge in [0.2, 0.25) is 21.8 Å². The van der Waals surface area contributed by atoms with Gasteiger partial charge >= 0.3 is 4.87 Å². The van der Waals surface area contributed by atoms with Gasteiger partial charge in [-0.1, -0.05) is 41.3 Å². The van der Waals surface area contributed by atoms with Crippen LogP contribution in [0.4, 0.5) is 17.1 Å². The Bertz CT molecular complexity index is 2030. The number of thiazole rings is 1. The molecule has 3 amide bonds. The molecule has 4 N–H and O–H groups in total. The molecule has 45 heavy (non-hydrogen) atoms. The van der Waals surface area contributed by atoms with Gasteiger partial charge in [0.15, 0.2) is 6.61 Å². The molecule has 6 rings (SSSR count). The number of sulfonamides is 1. The number of aromatic amines is 1. The molecule has 0 spiro atoms. The Hall–Kier alpha value is -4.84. The summed E-state index contributed by atoms with van der Waals surface area (Å²) in [6.45, 7) is -0.457. The van der Waals surface area contributed by atoms with Crippen LogP contribution in [0.25, 0.3) is 0 Å². The van der Waals surface area contributed by atoms with E-state index < -0.39 is 56.4 Å². The number of para-hydroxylation sites is 1. The van der Waals surface area contributed by atoms with Crippen molar-refractivity contribution in [1.29, 1.82) is 0 Å². The highest BCUT2D eigenvalue weighted by Gasteiger charge is 2.56. The number of fused-ring (bicyclic) bond motifs is 2. The van der Waals surface area contributed by atoms with E-state index in [-0.39, 0.29) is 26.9 Å². The van der Waals surface area contributed by atoms with E-state index >= 15 is 0 Å². The molecule has 0 aliphatic carbocycles. The fourth-order valence-corrected chi connectivity index (χ4v) is 8.29. The smallest absolute Gasteiger partial charge is 0.305 e.